The molecule has 0 spiro atoms. The van der Waals surface area contributed by atoms with Crippen molar-refractivity contribution in [1.29, 1.82) is 0 Å². The van der Waals surface area contributed by atoms with Crippen molar-refractivity contribution < 1.29 is 4.79 Å². The Morgan fingerprint density at radius 1 is 1.20 bits per heavy atom. The molecule has 1 nitrogen and oxygen atoms in total. The van der Waals surface area contributed by atoms with Crippen LogP contribution < -0.4 is 0 Å². The molecule has 0 heterocycles. The van der Waals surface area contributed by atoms with E-state index in [1.807, 2.05) is 0 Å². The van der Waals surface area contributed by atoms with Crippen LogP contribution in [-0.4, -0.2) is 5.78 Å². The number of hydrogen-bond donors (Lipinski definition) is 0. The first-order chi connectivity index (χ1) is 4.88. The Morgan fingerprint density at radius 3 is 2.60 bits per heavy atom. The van der Waals surface area contributed by atoms with Gasteiger partial charge in [-0.15, -0.1) is 0 Å². The first kappa shape index (κ1) is 4.53. The van der Waals surface area contributed by atoms with E-state index in [-0.39, 0.29) is 0 Å². The quantitative estimate of drug-likeness (QED) is 0.484. The fourth-order valence-electron chi connectivity index (χ4n) is 4.32. The third-order valence-electron chi connectivity index (χ3n) is 4.51. The Kier molecular flexibility index (Phi) is 0.449. The molecule has 4 aliphatic rings. The zero-order chi connectivity index (χ0) is 6.46. The van der Waals surface area contributed by atoms with E-state index in [0.29, 0.717) is 17.6 Å². The maximum atomic E-state index is 11.4. The first-order valence-corrected chi connectivity index (χ1v) is 4.41. The van der Waals surface area contributed by atoms with Crippen LogP contribution >= 0.6 is 0 Å². The van der Waals surface area contributed by atoms with Gasteiger partial charge in [0.15, 0.2) is 0 Å². The summed E-state index contributed by atoms with van der Waals surface area (Å²) in [6.07, 6.45) is 2.70. The summed E-state index contributed by atoms with van der Waals surface area (Å²) in [6.45, 7) is 0. The zero-order valence-electron chi connectivity index (χ0n) is 5.79. The maximum absolute atomic E-state index is 11.4. The van der Waals surface area contributed by atoms with Crippen LogP contribution in [0.1, 0.15) is 12.8 Å². The smallest absolute Gasteiger partial charge is 0.139 e. The van der Waals surface area contributed by atoms with Crippen molar-refractivity contribution >= 4 is 5.78 Å². The fourth-order valence-corrected chi connectivity index (χ4v) is 4.32. The van der Waals surface area contributed by atoms with Crippen LogP contribution in [0, 0.1) is 35.5 Å². The molecular formula is C9H10O. The third-order valence-corrected chi connectivity index (χ3v) is 4.51. The van der Waals surface area contributed by atoms with Crippen LogP contribution in [-0.2, 0) is 4.79 Å². The normalized spacial score (nSPS) is 73.4. The van der Waals surface area contributed by atoms with Gasteiger partial charge in [0, 0.05) is 11.8 Å². The molecule has 10 heavy (non-hydrogen) atoms. The van der Waals surface area contributed by atoms with Crippen molar-refractivity contribution in [2.24, 2.45) is 35.5 Å². The average molecular weight is 134 g/mol. The van der Waals surface area contributed by atoms with Crippen molar-refractivity contribution in [3.63, 3.8) is 0 Å². The van der Waals surface area contributed by atoms with Gasteiger partial charge in [-0.1, -0.05) is 0 Å². The standard InChI is InChI=1S/C9H10O/c10-9-5-2-3-1-4(5)7-6(3)8(7)9/h3-8H,1-2H2/t3-,4+,5-,6+,7-,8?/m0/s1. The van der Waals surface area contributed by atoms with Crippen molar-refractivity contribution in [3.05, 3.63) is 0 Å². The molecule has 4 aliphatic carbocycles. The summed E-state index contributed by atoms with van der Waals surface area (Å²) in [5.74, 6) is 5.52. The lowest BCUT2D eigenvalue weighted by atomic mass is 9.85. The molecule has 0 saturated heterocycles. The van der Waals surface area contributed by atoms with Crippen LogP contribution in [0.5, 0.6) is 0 Å². The number of fused-ring (bicyclic) bond motifs is 3. The van der Waals surface area contributed by atoms with Crippen LogP contribution in [0.15, 0.2) is 0 Å². The Bertz CT molecular complexity index is 241. The second kappa shape index (κ2) is 0.992. The lowest BCUT2D eigenvalue weighted by molar-refractivity contribution is -0.124. The topological polar surface area (TPSA) is 17.1 Å². The van der Waals surface area contributed by atoms with Crippen molar-refractivity contribution in [3.8, 4) is 0 Å². The van der Waals surface area contributed by atoms with Crippen molar-refractivity contribution in [2.45, 2.75) is 12.8 Å². The zero-order valence-corrected chi connectivity index (χ0v) is 5.79. The van der Waals surface area contributed by atoms with Gasteiger partial charge in [-0.3, -0.25) is 4.79 Å². The van der Waals surface area contributed by atoms with E-state index < -0.39 is 0 Å². The van der Waals surface area contributed by atoms with E-state index in [1.165, 1.54) is 12.8 Å². The summed E-state index contributed by atoms with van der Waals surface area (Å²) < 4.78 is 0. The highest BCUT2D eigenvalue weighted by Crippen LogP contribution is 2.77. The SMILES string of the molecule is O=C1C2[C@@H]3[C@H]4C[C@@H]([C@H]23)[C@@H]1C4. The summed E-state index contributed by atoms with van der Waals surface area (Å²) in [6, 6.07) is 0. The molecular weight excluding hydrogens is 124 g/mol. The van der Waals surface area contributed by atoms with Gasteiger partial charge in [0.2, 0.25) is 0 Å². The Balaban J connectivity index is 2.01. The van der Waals surface area contributed by atoms with E-state index in [4.69, 9.17) is 0 Å². The van der Waals surface area contributed by atoms with Gasteiger partial charge in [-0.2, -0.15) is 0 Å². The van der Waals surface area contributed by atoms with Gasteiger partial charge in [-0.05, 0) is 36.5 Å². The van der Waals surface area contributed by atoms with Crippen LogP contribution in [0.3, 0.4) is 0 Å². The predicted octanol–water partition coefficient (Wildman–Crippen LogP) is 1.09. The minimum absolute atomic E-state index is 0.560. The van der Waals surface area contributed by atoms with E-state index in [0.717, 1.165) is 23.7 Å². The van der Waals surface area contributed by atoms with Gasteiger partial charge in [0.1, 0.15) is 5.78 Å². The fraction of sp³-hybridized carbons (Fsp3) is 0.889. The molecule has 4 fully saturated rings. The highest BCUT2D eigenvalue weighted by Gasteiger charge is 2.77. The Labute approximate surface area is 59.8 Å². The number of ketones is 1. The van der Waals surface area contributed by atoms with Crippen molar-refractivity contribution in [1.82, 2.24) is 0 Å². The highest BCUT2D eigenvalue weighted by atomic mass is 16.1. The number of carbonyl (C=O) groups excluding carboxylic acids is 1. The molecule has 1 unspecified atom stereocenters. The van der Waals surface area contributed by atoms with Gasteiger partial charge < -0.3 is 0 Å². The molecule has 52 valence electrons. The summed E-state index contributed by atoms with van der Waals surface area (Å²) >= 11 is 0. The largest absolute Gasteiger partial charge is 0.299 e. The van der Waals surface area contributed by atoms with Crippen molar-refractivity contribution in [2.75, 3.05) is 0 Å². The lowest BCUT2D eigenvalue weighted by Crippen LogP contribution is -2.22. The molecule has 4 rings (SSSR count). The van der Waals surface area contributed by atoms with Crippen LogP contribution in [0.4, 0.5) is 0 Å². The lowest BCUT2D eigenvalue weighted by Gasteiger charge is -2.18. The number of carbonyl (C=O) groups is 1. The number of Topliss-reactive ketones (excluding diaryl/α,β-unsaturated/α-hetero) is 1. The Hall–Kier alpha value is -0.330. The van der Waals surface area contributed by atoms with Crippen LogP contribution in [0.25, 0.3) is 0 Å². The van der Waals surface area contributed by atoms with Gasteiger partial charge in [0.25, 0.3) is 0 Å². The molecule has 1 heteroatoms. The summed E-state index contributed by atoms with van der Waals surface area (Å²) in [7, 11) is 0. The molecule has 0 radical (unpaired) electrons. The second-order valence-corrected chi connectivity index (χ2v) is 4.58. The third kappa shape index (κ3) is 0.240. The number of rotatable bonds is 0. The van der Waals surface area contributed by atoms with Gasteiger partial charge in [0.05, 0.1) is 0 Å². The molecule has 0 amide bonds. The minimum Gasteiger partial charge on any atom is -0.299 e. The van der Waals surface area contributed by atoms with E-state index >= 15 is 0 Å². The predicted molar refractivity (Wildman–Crippen MR) is 35.2 cm³/mol. The summed E-state index contributed by atoms with van der Waals surface area (Å²) in [5, 5.41) is 0. The number of hydrogen-bond acceptors (Lipinski definition) is 1. The Morgan fingerprint density at radius 2 is 2.10 bits per heavy atom. The molecule has 0 aromatic heterocycles. The molecule has 4 saturated carbocycles. The van der Waals surface area contributed by atoms with Gasteiger partial charge >= 0.3 is 0 Å². The molecule has 0 aliphatic heterocycles. The summed E-state index contributed by atoms with van der Waals surface area (Å²) in [4.78, 5) is 11.4. The van der Waals surface area contributed by atoms with E-state index in [9.17, 15) is 4.79 Å². The average Bonchev–Trinajstić information content (AvgIpc) is 2.35. The summed E-state index contributed by atoms with van der Waals surface area (Å²) in [5.41, 5.74) is 0. The minimum atomic E-state index is 0.560. The maximum Gasteiger partial charge on any atom is 0.139 e. The molecule has 2 bridgehead atoms. The second-order valence-electron chi connectivity index (χ2n) is 4.58. The molecule has 6 atom stereocenters. The van der Waals surface area contributed by atoms with E-state index in [2.05, 4.69) is 0 Å². The molecule has 0 N–H and O–H groups in total. The molecule has 0 aromatic rings. The van der Waals surface area contributed by atoms with Gasteiger partial charge in [-0.25, -0.2) is 0 Å². The highest BCUT2D eigenvalue weighted by molar-refractivity contribution is 5.92. The van der Waals surface area contributed by atoms with E-state index in [1.54, 1.807) is 0 Å². The monoisotopic (exact) mass is 134 g/mol. The van der Waals surface area contributed by atoms with Crippen LogP contribution in [0.2, 0.25) is 0 Å². The first-order valence-electron chi connectivity index (χ1n) is 4.41. The molecule has 0 aromatic carbocycles.